The highest BCUT2D eigenvalue weighted by molar-refractivity contribution is 6.22. The van der Waals surface area contributed by atoms with Gasteiger partial charge in [-0.3, -0.25) is 0 Å². The number of hydrogen-bond acceptors (Lipinski definition) is 1. The number of para-hydroxylation sites is 2. The molecule has 0 aliphatic rings. The number of hydrogen-bond donors (Lipinski definition) is 0. The molecule has 0 atom stereocenters. The highest BCUT2D eigenvalue weighted by atomic mass is 15.1. The van der Waals surface area contributed by atoms with Crippen molar-refractivity contribution < 1.29 is 0 Å². The predicted molar refractivity (Wildman–Crippen MR) is 315 cm³/mol. The molecule has 0 saturated heterocycles. The molecule has 0 unspecified atom stereocenters. The summed E-state index contributed by atoms with van der Waals surface area (Å²) < 4.78 is 2.37. The fourth-order valence-corrected chi connectivity index (χ4v) is 11.5. The molecule has 2 heteroatoms. The molecule has 74 heavy (non-hydrogen) atoms. The smallest absolute Gasteiger partial charge is 0.0541 e. The largest absolute Gasteiger partial charge is 0.311 e. The standard InChI is InChI=1S/C72H48N2/c1-4-18-53(19-5-1)71-66-28-13-12-26-63(66)64-45-37-55(48-68(64)72(71)54-20-6-2-7-21-54)49-31-39-58(40-32-49)73(60-43-35-52(36-44-60)62-29-16-22-51-17-10-11-25-61(51)62)59-41-33-50(34-42-59)56-38-46-70-67(47-56)65-27-14-15-30-69(65)74(70)57-23-8-3-9-24-57/h1-48H. The van der Waals surface area contributed by atoms with Crippen LogP contribution in [0, 0.1) is 0 Å². The third-order valence-electron chi connectivity index (χ3n) is 15.0. The van der Waals surface area contributed by atoms with E-state index in [4.69, 9.17) is 0 Å². The van der Waals surface area contributed by atoms with Gasteiger partial charge in [-0.1, -0.05) is 218 Å². The quantitative estimate of drug-likeness (QED) is 0.131. The van der Waals surface area contributed by atoms with E-state index in [-0.39, 0.29) is 0 Å². The topological polar surface area (TPSA) is 8.17 Å². The molecule has 1 aromatic heterocycles. The first-order chi connectivity index (χ1) is 36.7. The summed E-state index contributed by atoms with van der Waals surface area (Å²) in [7, 11) is 0. The van der Waals surface area contributed by atoms with E-state index in [9.17, 15) is 0 Å². The second-order valence-electron chi connectivity index (χ2n) is 19.2. The van der Waals surface area contributed by atoms with Crippen molar-refractivity contribution in [3.05, 3.63) is 291 Å². The molecule has 0 amide bonds. The zero-order chi connectivity index (χ0) is 49.0. The van der Waals surface area contributed by atoms with Gasteiger partial charge in [-0.15, -0.1) is 0 Å². The lowest BCUT2D eigenvalue weighted by Gasteiger charge is -2.26. The minimum absolute atomic E-state index is 1.08. The minimum Gasteiger partial charge on any atom is -0.311 e. The number of rotatable bonds is 9. The first-order valence-corrected chi connectivity index (χ1v) is 25.5. The van der Waals surface area contributed by atoms with Crippen molar-refractivity contribution in [3.8, 4) is 61.3 Å². The summed E-state index contributed by atoms with van der Waals surface area (Å²) in [6, 6.07) is 106. The van der Waals surface area contributed by atoms with E-state index in [0.29, 0.717) is 0 Å². The molecule has 0 N–H and O–H groups in total. The van der Waals surface area contributed by atoms with Gasteiger partial charge in [0.2, 0.25) is 0 Å². The van der Waals surface area contributed by atoms with Crippen LogP contribution in [0.15, 0.2) is 291 Å². The van der Waals surface area contributed by atoms with Gasteiger partial charge in [0.25, 0.3) is 0 Å². The summed E-state index contributed by atoms with van der Waals surface area (Å²) in [6.45, 7) is 0. The lowest BCUT2D eigenvalue weighted by atomic mass is 9.84. The Morgan fingerprint density at radius 2 is 0.662 bits per heavy atom. The van der Waals surface area contributed by atoms with E-state index in [0.717, 1.165) is 28.3 Å². The molecule has 346 valence electrons. The molecule has 0 aliphatic carbocycles. The summed E-state index contributed by atoms with van der Waals surface area (Å²) >= 11 is 0. The van der Waals surface area contributed by atoms with Crippen molar-refractivity contribution in [2.75, 3.05) is 4.90 Å². The second kappa shape index (κ2) is 18.1. The van der Waals surface area contributed by atoms with Crippen molar-refractivity contribution in [2.24, 2.45) is 0 Å². The average Bonchev–Trinajstić information content (AvgIpc) is 3.81. The van der Waals surface area contributed by atoms with Gasteiger partial charge in [0.15, 0.2) is 0 Å². The van der Waals surface area contributed by atoms with Crippen molar-refractivity contribution in [1.82, 2.24) is 4.57 Å². The van der Waals surface area contributed by atoms with Crippen LogP contribution >= 0.6 is 0 Å². The molecule has 0 saturated carbocycles. The third-order valence-corrected chi connectivity index (χ3v) is 15.0. The van der Waals surface area contributed by atoms with Crippen LogP contribution in [0.1, 0.15) is 0 Å². The number of anilines is 3. The Kier molecular flexibility index (Phi) is 10.6. The van der Waals surface area contributed by atoms with E-state index in [1.54, 1.807) is 0 Å². The van der Waals surface area contributed by atoms with Gasteiger partial charge < -0.3 is 9.47 Å². The summed E-state index contributed by atoms with van der Waals surface area (Å²) in [5.41, 5.74) is 18.9. The van der Waals surface area contributed by atoms with E-state index >= 15 is 0 Å². The van der Waals surface area contributed by atoms with Gasteiger partial charge in [0, 0.05) is 33.5 Å². The van der Waals surface area contributed by atoms with E-state index in [1.165, 1.54) is 104 Å². The van der Waals surface area contributed by atoms with Crippen LogP contribution in [0.2, 0.25) is 0 Å². The van der Waals surface area contributed by atoms with Crippen LogP contribution in [0.5, 0.6) is 0 Å². The highest BCUT2D eigenvalue weighted by Crippen LogP contribution is 2.46. The van der Waals surface area contributed by atoms with Crippen molar-refractivity contribution in [1.29, 1.82) is 0 Å². The van der Waals surface area contributed by atoms with Crippen LogP contribution < -0.4 is 4.90 Å². The Labute approximate surface area is 430 Å². The molecule has 14 aromatic rings. The Morgan fingerprint density at radius 3 is 1.30 bits per heavy atom. The van der Waals surface area contributed by atoms with E-state index in [2.05, 4.69) is 301 Å². The number of benzene rings is 13. The maximum absolute atomic E-state index is 2.41. The summed E-state index contributed by atoms with van der Waals surface area (Å²) in [6.07, 6.45) is 0. The Balaban J connectivity index is 0.873. The molecule has 0 aliphatic heterocycles. The molecule has 0 spiro atoms. The molecule has 14 rings (SSSR count). The normalized spacial score (nSPS) is 11.5. The molecule has 0 bridgehead atoms. The van der Waals surface area contributed by atoms with E-state index < -0.39 is 0 Å². The fraction of sp³-hybridized carbons (Fsp3) is 0. The van der Waals surface area contributed by atoms with Crippen LogP contribution in [0.25, 0.3) is 115 Å². The first-order valence-electron chi connectivity index (χ1n) is 25.5. The number of nitrogens with zero attached hydrogens (tertiary/aromatic N) is 2. The number of aromatic nitrogens is 1. The van der Waals surface area contributed by atoms with Crippen molar-refractivity contribution in [3.63, 3.8) is 0 Å². The molecular weight excluding hydrogens is 893 g/mol. The van der Waals surface area contributed by atoms with Crippen LogP contribution in [-0.2, 0) is 0 Å². The number of fused-ring (bicyclic) bond motifs is 7. The molecule has 2 nitrogen and oxygen atoms in total. The maximum atomic E-state index is 2.41. The third kappa shape index (κ3) is 7.43. The van der Waals surface area contributed by atoms with Crippen LogP contribution in [-0.4, -0.2) is 4.57 Å². The highest BCUT2D eigenvalue weighted by Gasteiger charge is 2.20. The van der Waals surface area contributed by atoms with E-state index in [1.807, 2.05) is 0 Å². The molecule has 13 aromatic carbocycles. The lowest BCUT2D eigenvalue weighted by Crippen LogP contribution is -2.09. The Hall–Kier alpha value is -9.76. The monoisotopic (exact) mass is 940 g/mol. The van der Waals surface area contributed by atoms with Gasteiger partial charge in [-0.25, -0.2) is 0 Å². The van der Waals surface area contributed by atoms with Crippen LogP contribution in [0.3, 0.4) is 0 Å². The summed E-state index contributed by atoms with van der Waals surface area (Å²) in [4.78, 5) is 2.38. The summed E-state index contributed by atoms with van der Waals surface area (Å²) in [5, 5.41) is 9.99. The zero-order valence-corrected chi connectivity index (χ0v) is 40.6. The lowest BCUT2D eigenvalue weighted by molar-refractivity contribution is 1.18. The maximum Gasteiger partial charge on any atom is 0.0541 e. The predicted octanol–water partition coefficient (Wildman–Crippen LogP) is 20.0. The molecular formula is C72H48N2. The fourth-order valence-electron chi connectivity index (χ4n) is 11.5. The first kappa shape index (κ1) is 43.1. The molecule has 1 heterocycles. The van der Waals surface area contributed by atoms with Gasteiger partial charge in [0.1, 0.15) is 0 Å². The Morgan fingerprint density at radius 1 is 0.230 bits per heavy atom. The van der Waals surface area contributed by atoms with Gasteiger partial charge in [-0.2, -0.15) is 0 Å². The Bertz CT molecular complexity index is 4360. The van der Waals surface area contributed by atoms with Crippen molar-refractivity contribution in [2.45, 2.75) is 0 Å². The zero-order valence-electron chi connectivity index (χ0n) is 40.6. The SMILES string of the molecule is c1ccc(-c2c(-c3ccccc3)c3cc(-c4ccc(N(c5ccc(-c6ccc7c(c6)c6ccccc6n7-c6ccccc6)cc5)c5ccc(-c6cccc7ccccc67)cc5)cc4)ccc3c3ccccc23)cc1. The van der Waals surface area contributed by atoms with Gasteiger partial charge >= 0.3 is 0 Å². The second-order valence-corrected chi connectivity index (χ2v) is 19.2. The molecule has 0 fully saturated rings. The van der Waals surface area contributed by atoms with Crippen molar-refractivity contribution >= 4 is 71.2 Å². The van der Waals surface area contributed by atoms with Crippen LogP contribution in [0.4, 0.5) is 17.1 Å². The molecule has 0 radical (unpaired) electrons. The minimum atomic E-state index is 1.08. The average molecular weight is 941 g/mol. The van der Waals surface area contributed by atoms with Gasteiger partial charge in [0.05, 0.1) is 11.0 Å². The summed E-state index contributed by atoms with van der Waals surface area (Å²) in [5.74, 6) is 0. The van der Waals surface area contributed by atoms with Gasteiger partial charge in [-0.05, 0) is 161 Å².